The van der Waals surface area contributed by atoms with Gasteiger partial charge in [-0.3, -0.25) is 9.69 Å². The maximum absolute atomic E-state index is 12.9. The van der Waals surface area contributed by atoms with Crippen LogP contribution in [0.25, 0.3) is 0 Å². The Kier molecular flexibility index (Phi) is 6.09. The molecule has 3 heterocycles. The molecule has 5 nitrogen and oxygen atoms in total. The smallest absolute Gasteiger partial charge is 0.236 e. The first-order valence-corrected chi connectivity index (χ1v) is 10.5. The lowest BCUT2D eigenvalue weighted by Crippen LogP contribution is -2.51. The molecule has 2 aromatic heterocycles. The number of hydrogen-bond donors (Lipinski definition) is 0. The highest BCUT2D eigenvalue weighted by Gasteiger charge is 2.23. The number of hydrogen-bond acceptors (Lipinski definition) is 5. The Balaban J connectivity index is 1.34. The molecule has 6 heteroatoms. The molecule has 0 aliphatic carbocycles. The second-order valence-corrected chi connectivity index (χ2v) is 8.04. The Labute approximate surface area is 169 Å². The molecule has 0 N–H and O–H groups in total. The van der Waals surface area contributed by atoms with Crippen LogP contribution in [0, 0.1) is 0 Å². The van der Waals surface area contributed by atoms with Gasteiger partial charge in [0.25, 0.3) is 0 Å². The molecule has 1 aromatic carbocycles. The van der Waals surface area contributed by atoms with E-state index in [1.807, 2.05) is 23.1 Å². The molecular weight excluding hydrogens is 370 g/mol. The van der Waals surface area contributed by atoms with E-state index in [1.165, 1.54) is 10.6 Å². The zero-order valence-corrected chi connectivity index (χ0v) is 16.7. The lowest BCUT2D eigenvalue weighted by Gasteiger charge is -2.37. The molecule has 4 rings (SSSR count). The largest absolute Gasteiger partial charge is 0.468 e. The van der Waals surface area contributed by atoms with Crippen LogP contribution >= 0.6 is 11.3 Å². The SMILES string of the molecule is O=C(CN(Cc1ccco1)Cc1cccs1)N1CCN(c2ccccc2)CC1. The molecule has 0 unspecified atom stereocenters. The van der Waals surface area contributed by atoms with E-state index in [-0.39, 0.29) is 5.91 Å². The summed E-state index contributed by atoms with van der Waals surface area (Å²) in [6.07, 6.45) is 1.68. The highest BCUT2D eigenvalue weighted by Crippen LogP contribution is 2.17. The van der Waals surface area contributed by atoms with Crippen LogP contribution in [0.4, 0.5) is 5.69 Å². The summed E-state index contributed by atoms with van der Waals surface area (Å²) in [6.45, 7) is 5.08. The highest BCUT2D eigenvalue weighted by atomic mass is 32.1. The summed E-state index contributed by atoms with van der Waals surface area (Å²) in [6, 6.07) is 18.4. The number of benzene rings is 1. The van der Waals surface area contributed by atoms with E-state index in [4.69, 9.17) is 4.42 Å². The number of carbonyl (C=O) groups is 1. The number of carbonyl (C=O) groups excluding carboxylic acids is 1. The Hall–Kier alpha value is -2.57. The quantitative estimate of drug-likeness (QED) is 0.612. The van der Waals surface area contributed by atoms with E-state index in [0.717, 1.165) is 38.5 Å². The number of rotatable bonds is 7. The van der Waals surface area contributed by atoms with Crippen molar-refractivity contribution in [1.29, 1.82) is 0 Å². The monoisotopic (exact) mass is 395 g/mol. The predicted molar refractivity (Wildman–Crippen MR) is 112 cm³/mol. The second kappa shape index (κ2) is 9.08. The molecule has 3 aromatic rings. The van der Waals surface area contributed by atoms with E-state index < -0.39 is 0 Å². The molecule has 0 radical (unpaired) electrons. The van der Waals surface area contributed by atoms with Gasteiger partial charge in [-0.2, -0.15) is 0 Å². The second-order valence-electron chi connectivity index (χ2n) is 7.01. The molecule has 1 amide bonds. The number of para-hydroxylation sites is 1. The summed E-state index contributed by atoms with van der Waals surface area (Å²) in [5, 5.41) is 2.07. The van der Waals surface area contributed by atoms with Crippen molar-refractivity contribution in [1.82, 2.24) is 9.80 Å². The average molecular weight is 396 g/mol. The summed E-state index contributed by atoms with van der Waals surface area (Å²) < 4.78 is 5.50. The molecule has 1 fully saturated rings. The van der Waals surface area contributed by atoms with Crippen molar-refractivity contribution in [2.75, 3.05) is 37.6 Å². The van der Waals surface area contributed by atoms with Crippen molar-refractivity contribution in [3.8, 4) is 0 Å². The van der Waals surface area contributed by atoms with Crippen LogP contribution in [0.1, 0.15) is 10.6 Å². The lowest BCUT2D eigenvalue weighted by atomic mass is 10.2. The van der Waals surface area contributed by atoms with Crippen LogP contribution in [0.15, 0.2) is 70.7 Å². The third kappa shape index (κ3) is 4.82. The van der Waals surface area contributed by atoms with Crippen LogP contribution in [0.2, 0.25) is 0 Å². The van der Waals surface area contributed by atoms with Crippen molar-refractivity contribution in [2.45, 2.75) is 13.1 Å². The molecule has 146 valence electrons. The summed E-state index contributed by atoms with van der Waals surface area (Å²) in [5.41, 5.74) is 1.23. The van der Waals surface area contributed by atoms with E-state index in [2.05, 4.69) is 51.6 Å². The van der Waals surface area contributed by atoms with Gasteiger partial charge in [0, 0.05) is 43.3 Å². The van der Waals surface area contributed by atoms with Crippen LogP contribution in [0.5, 0.6) is 0 Å². The molecule has 1 saturated heterocycles. The van der Waals surface area contributed by atoms with Crippen LogP contribution < -0.4 is 4.90 Å². The minimum atomic E-state index is 0.191. The maximum atomic E-state index is 12.9. The van der Waals surface area contributed by atoms with Crippen molar-refractivity contribution in [2.24, 2.45) is 0 Å². The van der Waals surface area contributed by atoms with Gasteiger partial charge in [-0.1, -0.05) is 24.3 Å². The molecule has 1 aliphatic heterocycles. The Morgan fingerprint density at radius 1 is 0.964 bits per heavy atom. The van der Waals surface area contributed by atoms with E-state index in [0.29, 0.717) is 13.1 Å². The van der Waals surface area contributed by atoms with Crippen molar-refractivity contribution in [3.63, 3.8) is 0 Å². The molecule has 0 bridgehead atoms. The maximum Gasteiger partial charge on any atom is 0.236 e. The minimum absolute atomic E-state index is 0.191. The third-order valence-electron chi connectivity index (χ3n) is 5.03. The Morgan fingerprint density at radius 3 is 2.46 bits per heavy atom. The summed E-state index contributed by atoms with van der Waals surface area (Å²) in [4.78, 5) is 20.7. The summed E-state index contributed by atoms with van der Waals surface area (Å²) >= 11 is 1.72. The molecular formula is C22H25N3O2S. The first-order chi connectivity index (χ1) is 13.8. The van der Waals surface area contributed by atoms with Gasteiger partial charge in [0.05, 0.1) is 19.4 Å². The first kappa shape index (κ1) is 18.8. The van der Waals surface area contributed by atoms with Crippen molar-refractivity contribution in [3.05, 3.63) is 76.9 Å². The number of furan rings is 1. The predicted octanol–water partition coefficient (Wildman–Crippen LogP) is 3.69. The normalized spacial score (nSPS) is 14.6. The molecule has 0 spiro atoms. The van der Waals surface area contributed by atoms with Crippen LogP contribution in [0.3, 0.4) is 0 Å². The fourth-order valence-electron chi connectivity index (χ4n) is 3.56. The van der Waals surface area contributed by atoms with Crippen LogP contribution in [-0.4, -0.2) is 48.4 Å². The van der Waals surface area contributed by atoms with E-state index in [9.17, 15) is 4.79 Å². The third-order valence-corrected chi connectivity index (χ3v) is 5.89. The number of thiophene rings is 1. The van der Waals surface area contributed by atoms with Gasteiger partial charge in [-0.05, 0) is 35.7 Å². The number of anilines is 1. The van der Waals surface area contributed by atoms with Gasteiger partial charge in [0.2, 0.25) is 5.91 Å². The summed E-state index contributed by atoms with van der Waals surface area (Å²) in [7, 11) is 0. The van der Waals surface area contributed by atoms with Gasteiger partial charge in [-0.25, -0.2) is 0 Å². The molecule has 28 heavy (non-hydrogen) atoms. The zero-order chi connectivity index (χ0) is 19.2. The summed E-state index contributed by atoms with van der Waals surface area (Å²) in [5.74, 6) is 1.08. The zero-order valence-electron chi connectivity index (χ0n) is 15.9. The number of amides is 1. The highest BCUT2D eigenvalue weighted by molar-refractivity contribution is 7.09. The standard InChI is InChI=1S/C22H25N3O2S/c26-22(25-12-10-24(11-13-25)19-6-2-1-3-7-19)18-23(16-20-8-4-14-27-20)17-21-9-5-15-28-21/h1-9,14-15H,10-13,16-18H2. The van der Waals surface area contributed by atoms with Crippen molar-refractivity contribution >= 4 is 22.9 Å². The van der Waals surface area contributed by atoms with Gasteiger partial charge < -0.3 is 14.2 Å². The lowest BCUT2D eigenvalue weighted by molar-refractivity contribution is -0.133. The van der Waals surface area contributed by atoms with Gasteiger partial charge in [0.1, 0.15) is 5.76 Å². The first-order valence-electron chi connectivity index (χ1n) is 9.63. The fraction of sp³-hybridized carbons (Fsp3) is 0.318. The molecule has 0 atom stereocenters. The van der Waals surface area contributed by atoms with E-state index in [1.54, 1.807) is 17.6 Å². The minimum Gasteiger partial charge on any atom is -0.468 e. The van der Waals surface area contributed by atoms with Crippen LogP contribution in [-0.2, 0) is 17.9 Å². The topological polar surface area (TPSA) is 39.9 Å². The fourth-order valence-corrected chi connectivity index (χ4v) is 4.30. The van der Waals surface area contributed by atoms with E-state index >= 15 is 0 Å². The van der Waals surface area contributed by atoms with Gasteiger partial charge in [0.15, 0.2) is 0 Å². The van der Waals surface area contributed by atoms with Gasteiger partial charge in [-0.15, -0.1) is 11.3 Å². The number of piperazine rings is 1. The Bertz CT molecular complexity index is 805. The van der Waals surface area contributed by atoms with Gasteiger partial charge >= 0.3 is 0 Å². The molecule has 1 aliphatic rings. The van der Waals surface area contributed by atoms with Crippen molar-refractivity contribution < 1.29 is 9.21 Å². The molecule has 0 saturated carbocycles. The Morgan fingerprint density at radius 2 is 1.79 bits per heavy atom. The average Bonchev–Trinajstić information content (AvgIpc) is 3.43. The number of nitrogens with zero attached hydrogens (tertiary/aromatic N) is 3.